The average molecular weight is 1030 g/mol. The Balaban J connectivity index is 0.993. The van der Waals surface area contributed by atoms with E-state index in [1.165, 1.54) is 6.92 Å². The molecule has 6 aliphatic heterocycles. The summed E-state index contributed by atoms with van der Waals surface area (Å²) in [5, 5.41) is 117. The maximum absolute atomic E-state index is 13.4. The fourth-order valence-corrected chi connectivity index (χ4v) is 9.93. The van der Waals surface area contributed by atoms with E-state index in [0.29, 0.717) is 25.7 Å². The van der Waals surface area contributed by atoms with Crippen LogP contribution in [0.4, 0.5) is 0 Å². The highest BCUT2D eigenvalue weighted by Gasteiger charge is 2.53. The van der Waals surface area contributed by atoms with E-state index in [-0.39, 0.29) is 37.7 Å². The molecule has 24 nitrogen and oxygen atoms in total. The lowest BCUT2D eigenvalue weighted by atomic mass is 9.81. The van der Waals surface area contributed by atoms with Gasteiger partial charge in [0.05, 0.1) is 74.9 Å². The first-order valence-electron chi connectivity index (χ1n) is 25.0. The zero-order valence-electron chi connectivity index (χ0n) is 41.1. The minimum atomic E-state index is -1.68. The lowest BCUT2D eigenvalue weighted by Crippen LogP contribution is -2.59. The number of fused-ring (bicyclic) bond motifs is 3. The first kappa shape index (κ1) is 57.7. The van der Waals surface area contributed by atoms with Crippen LogP contribution in [0.5, 0.6) is 0 Å². The number of hydrogen-bond donors (Lipinski definition) is 11. The van der Waals surface area contributed by atoms with Gasteiger partial charge in [-0.1, -0.05) is 34.1 Å². The number of aliphatic hydroxyl groups is 11. The van der Waals surface area contributed by atoms with Gasteiger partial charge in [0, 0.05) is 25.2 Å². The van der Waals surface area contributed by atoms with Crippen molar-refractivity contribution in [3.05, 3.63) is 11.7 Å². The maximum Gasteiger partial charge on any atom is 0.322 e. The molecule has 2 bridgehead atoms. The highest BCUT2D eigenvalue weighted by atomic mass is 16.8. The van der Waals surface area contributed by atoms with Gasteiger partial charge in [-0.15, -0.1) is 0 Å². The van der Waals surface area contributed by atoms with Crippen LogP contribution in [0.3, 0.4) is 0 Å². The van der Waals surface area contributed by atoms with Crippen LogP contribution in [-0.4, -0.2) is 223 Å². The summed E-state index contributed by atoms with van der Waals surface area (Å²) in [6.45, 7) is 9.60. The van der Waals surface area contributed by atoms with Crippen LogP contribution in [-0.2, 0) is 61.7 Å². The molecule has 6 aliphatic rings. The summed E-state index contributed by atoms with van der Waals surface area (Å²) in [5.74, 6) is -4.14. The summed E-state index contributed by atoms with van der Waals surface area (Å²) in [6, 6.07) is 0. The molecule has 5 fully saturated rings. The summed E-state index contributed by atoms with van der Waals surface area (Å²) in [5.41, 5.74) is 0. The van der Waals surface area contributed by atoms with Crippen molar-refractivity contribution in [2.45, 2.75) is 234 Å². The Labute approximate surface area is 412 Å². The molecule has 11 N–H and O–H groups in total. The van der Waals surface area contributed by atoms with E-state index >= 15 is 0 Å². The molecule has 410 valence electrons. The third-order valence-electron chi connectivity index (χ3n) is 14.7. The lowest BCUT2D eigenvalue weighted by Gasteiger charge is -2.43. The van der Waals surface area contributed by atoms with Gasteiger partial charge < -0.3 is 108 Å². The van der Waals surface area contributed by atoms with Gasteiger partial charge in [0.2, 0.25) is 5.76 Å². The molecule has 0 aromatic heterocycles. The number of esters is 2. The predicted octanol–water partition coefficient (Wildman–Crippen LogP) is -1.59. The van der Waals surface area contributed by atoms with Crippen molar-refractivity contribution >= 4 is 11.9 Å². The van der Waals surface area contributed by atoms with Crippen LogP contribution in [0, 0.1) is 17.8 Å². The quantitative estimate of drug-likeness (QED) is 0.0690. The fourth-order valence-electron chi connectivity index (χ4n) is 9.93. The van der Waals surface area contributed by atoms with Crippen LogP contribution in [0.1, 0.15) is 99.3 Å². The van der Waals surface area contributed by atoms with E-state index in [0.717, 1.165) is 0 Å². The molecular weight excluding hydrogens is 948 g/mol. The highest BCUT2D eigenvalue weighted by molar-refractivity contribution is 5.71. The molecule has 0 aliphatic carbocycles. The normalized spacial score (nSPS) is 42.9. The molecule has 0 amide bonds. The minimum Gasteiger partial charge on any atom is -0.504 e. The van der Waals surface area contributed by atoms with Crippen molar-refractivity contribution in [2.24, 2.45) is 17.8 Å². The molecule has 0 radical (unpaired) electrons. The molecule has 6 heterocycles. The summed E-state index contributed by atoms with van der Waals surface area (Å²) >= 11 is 0. The summed E-state index contributed by atoms with van der Waals surface area (Å²) in [7, 11) is 0. The molecule has 25 atom stereocenters. The zero-order valence-corrected chi connectivity index (χ0v) is 41.1. The van der Waals surface area contributed by atoms with Crippen molar-refractivity contribution in [2.75, 3.05) is 19.8 Å². The first-order chi connectivity index (χ1) is 33.6. The van der Waals surface area contributed by atoms with E-state index in [4.69, 9.17) is 52.1 Å². The van der Waals surface area contributed by atoms with Gasteiger partial charge in [0.15, 0.2) is 25.0 Å². The second kappa shape index (κ2) is 25.8. The molecule has 0 aromatic carbocycles. The number of rotatable bonds is 18. The van der Waals surface area contributed by atoms with E-state index in [1.807, 2.05) is 27.7 Å². The monoisotopic (exact) mass is 1030 g/mol. The second-order valence-corrected chi connectivity index (χ2v) is 20.1. The molecule has 0 saturated carbocycles. The summed E-state index contributed by atoms with van der Waals surface area (Å²) in [6.07, 6.45) is -25.0. The third kappa shape index (κ3) is 14.2. The Morgan fingerprint density at radius 2 is 1.45 bits per heavy atom. The molecule has 24 heteroatoms. The van der Waals surface area contributed by atoms with Gasteiger partial charge in [-0.25, -0.2) is 0 Å². The van der Waals surface area contributed by atoms with Crippen molar-refractivity contribution in [1.82, 2.24) is 0 Å². The van der Waals surface area contributed by atoms with Gasteiger partial charge in [0.25, 0.3) is 0 Å². The summed E-state index contributed by atoms with van der Waals surface area (Å²) in [4.78, 5) is 26.7. The van der Waals surface area contributed by atoms with E-state index in [9.17, 15) is 65.8 Å². The number of hydrogen-bond acceptors (Lipinski definition) is 24. The minimum absolute atomic E-state index is 0.0126. The second-order valence-electron chi connectivity index (χ2n) is 20.1. The zero-order chi connectivity index (χ0) is 52.0. The largest absolute Gasteiger partial charge is 0.504 e. The van der Waals surface area contributed by atoms with E-state index in [2.05, 4.69) is 0 Å². The molecule has 0 unspecified atom stereocenters. The lowest BCUT2D eigenvalue weighted by molar-refractivity contribution is -0.319. The Kier molecular flexibility index (Phi) is 20.9. The van der Waals surface area contributed by atoms with Crippen LogP contribution in [0.25, 0.3) is 0 Å². The van der Waals surface area contributed by atoms with Gasteiger partial charge in [0.1, 0.15) is 67.6 Å². The van der Waals surface area contributed by atoms with Crippen molar-refractivity contribution in [1.29, 1.82) is 0 Å². The van der Waals surface area contributed by atoms with Crippen LogP contribution >= 0.6 is 0 Å². The number of aliphatic hydroxyl groups excluding tert-OH is 11. The van der Waals surface area contributed by atoms with Crippen LogP contribution < -0.4 is 0 Å². The SMILES string of the molecule is CC[C@@H]1O[C@H]2O[C@H]3[C@@H](O[C@@H](CO)[C@@H]3O)O[C@@H](C[C@H](O)CC(=O)O[C@@H](C[C@H](O)CC(=O)O[C@@H]3C[C@@H](O[C@@H]4O[C@@H](C)[C@H](OC5=C(O)[C@@H](O)[C@H](O)CO5)[C@@H](O)[C@H]4O)CO[C@@H]3C)[C@@H](C)CC)[C@@H](C)CC[C@H]([C@H]1O)[C@H]2O. The van der Waals surface area contributed by atoms with Gasteiger partial charge in [-0.2, -0.15) is 0 Å². The molecule has 71 heavy (non-hydrogen) atoms. The molecule has 0 aromatic rings. The molecule has 0 spiro atoms. The molecule has 5 saturated heterocycles. The smallest absolute Gasteiger partial charge is 0.322 e. The summed E-state index contributed by atoms with van der Waals surface area (Å²) < 4.78 is 63.9. The van der Waals surface area contributed by atoms with E-state index < -0.39 is 190 Å². The third-order valence-corrected chi connectivity index (χ3v) is 14.7. The van der Waals surface area contributed by atoms with Gasteiger partial charge in [-0.3, -0.25) is 9.59 Å². The molecular formula is C47H78O24. The Morgan fingerprint density at radius 1 is 0.761 bits per heavy atom. The Hall–Kier alpha value is -2.60. The topological polar surface area (TPSA) is 358 Å². The Morgan fingerprint density at radius 3 is 2.14 bits per heavy atom. The Bertz CT molecular complexity index is 1720. The number of ether oxygens (including phenoxy) is 11. The van der Waals surface area contributed by atoms with Gasteiger partial charge >= 0.3 is 17.9 Å². The maximum atomic E-state index is 13.4. The predicted molar refractivity (Wildman–Crippen MR) is 238 cm³/mol. The van der Waals surface area contributed by atoms with Crippen LogP contribution in [0.2, 0.25) is 0 Å². The average Bonchev–Trinajstić information content (AvgIpc) is 3.61. The van der Waals surface area contributed by atoms with Crippen molar-refractivity contribution in [3.8, 4) is 0 Å². The van der Waals surface area contributed by atoms with E-state index in [1.54, 1.807) is 6.92 Å². The number of carbonyl (C=O) groups is 2. The highest BCUT2D eigenvalue weighted by Crippen LogP contribution is 2.39. The number of carbonyl (C=O) groups excluding carboxylic acids is 2. The van der Waals surface area contributed by atoms with Crippen molar-refractivity contribution < 1.29 is 118 Å². The standard InChI is InChI=1S/C47H78O24/c1-7-19(3)29(65-33(52)13-24(50)12-30-20(4)9-10-26-35(54)28(8-2)67-45(36(26)55)71-43-38(57)32(16-48)69-47(43)68-30)11-23(49)14-34(53)66-31-15-25(17-61-21(31)5)64-46-41(60)39(58)42(22(6)63-46)70-44-40(59)37(56)27(51)18-62-44/h19-32,35-39,41-43,45-51,54-60H,7-18H2,1-6H3/t19-,20-,21+,22-,23-,24-,25+,26+,27+,28-,29-,30-,31+,32-,35+,36+,37-,38-,39-,41+,42-,43+,45-,46-,47+/m0/s1. The van der Waals surface area contributed by atoms with Crippen LogP contribution in [0.15, 0.2) is 11.7 Å². The molecule has 6 rings (SSSR count). The van der Waals surface area contributed by atoms with Crippen molar-refractivity contribution in [3.63, 3.8) is 0 Å². The fraction of sp³-hybridized carbons (Fsp3) is 0.915. The first-order valence-corrected chi connectivity index (χ1v) is 25.0. The van der Waals surface area contributed by atoms with Gasteiger partial charge in [-0.05, 0) is 44.9 Å².